The van der Waals surface area contributed by atoms with Crippen LogP contribution in [0, 0.1) is 0 Å². The smallest absolute Gasteiger partial charge is 0.377 e. The zero-order valence-corrected chi connectivity index (χ0v) is 8.72. The van der Waals surface area contributed by atoms with Crippen LogP contribution >= 0.6 is 11.3 Å². The first kappa shape index (κ1) is 12.1. The number of thiophene rings is 1. The van der Waals surface area contributed by atoms with Crippen LogP contribution in [-0.2, 0) is 11.2 Å². The van der Waals surface area contributed by atoms with Gasteiger partial charge in [-0.2, -0.15) is 8.78 Å². The third-order valence-corrected chi connectivity index (χ3v) is 3.21. The maximum absolute atomic E-state index is 12.9. The Morgan fingerprint density at radius 1 is 1.60 bits per heavy atom. The van der Waals surface area contributed by atoms with Gasteiger partial charge in [0.25, 0.3) is 0 Å². The minimum absolute atomic E-state index is 0.0285. The quantitative estimate of drug-likeness (QED) is 0.841. The molecule has 1 rings (SSSR count). The number of carboxylic acid groups (broad SMARTS) is 1. The molecular formula is C9H10F2O3S. The first-order valence-corrected chi connectivity index (χ1v) is 5.09. The van der Waals surface area contributed by atoms with E-state index in [4.69, 9.17) is 5.11 Å². The number of aliphatic hydroxyl groups is 1. The molecule has 3 nitrogen and oxygen atoms in total. The maximum atomic E-state index is 12.9. The Bertz CT molecular complexity index is 362. The largest absolute Gasteiger partial charge is 0.477 e. The van der Waals surface area contributed by atoms with Gasteiger partial charge in [0.1, 0.15) is 0 Å². The van der Waals surface area contributed by atoms with Crippen molar-refractivity contribution in [3.05, 3.63) is 21.9 Å². The van der Waals surface area contributed by atoms with Crippen LogP contribution in [0.5, 0.6) is 0 Å². The van der Waals surface area contributed by atoms with Crippen LogP contribution in [0.3, 0.4) is 0 Å². The molecule has 0 bridgehead atoms. The van der Waals surface area contributed by atoms with Gasteiger partial charge in [0.15, 0.2) is 6.10 Å². The molecular weight excluding hydrogens is 226 g/mol. The molecule has 0 saturated carbocycles. The molecule has 0 aliphatic rings. The van der Waals surface area contributed by atoms with E-state index in [1.807, 2.05) is 6.92 Å². The van der Waals surface area contributed by atoms with Crippen molar-refractivity contribution in [1.29, 1.82) is 0 Å². The number of hydrogen-bond acceptors (Lipinski definition) is 3. The van der Waals surface area contributed by atoms with Gasteiger partial charge in [0.05, 0.1) is 0 Å². The van der Waals surface area contributed by atoms with Crippen molar-refractivity contribution in [2.75, 3.05) is 0 Å². The van der Waals surface area contributed by atoms with Crippen molar-refractivity contribution in [3.8, 4) is 0 Å². The van der Waals surface area contributed by atoms with E-state index in [1.165, 1.54) is 6.07 Å². The molecule has 0 saturated heterocycles. The van der Waals surface area contributed by atoms with Crippen molar-refractivity contribution in [2.24, 2.45) is 0 Å². The Kier molecular flexibility index (Phi) is 3.41. The molecule has 0 radical (unpaired) electrons. The second-order valence-corrected chi connectivity index (χ2v) is 4.19. The lowest BCUT2D eigenvalue weighted by Gasteiger charge is -2.16. The van der Waals surface area contributed by atoms with Gasteiger partial charge in [-0.1, -0.05) is 6.92 Å². The lowest BCUT2D eigenvalue weighted by atomic mass is 10.1. The van der Waals surface area contributed by atoms with Crippen LogP contribution in [0.2, 0.25) is 0 Å². The molecule has 84 valence electrons. The molecule has 0 fully saturated rings. The zero-order valence-electron chi connectivity index (χ0n) is 7.91. The highest BCUT2D eigenvalue weighted by Gasteiger charge is 2.48. The van der Waals surface area contributed by atoms with Crippen molar-refractivity contribution in [2.45, 2.75) is 25.4 Å². The topological polar surface area (TPSA) is 57.5 Å². The summed E-state index contributed by atoms with van der Waals surface area (Å²) >= 11 is 0.992. The first-order valence-electron chi connectivity index (χ1n) is 4.27. The molecule has 0 aromatic carbocycles. The normalized spacial score (nSPS) is 13.9. The summed E-state index contributed by atoms with van der Waals surface area (Å²) < 4.78 is 25.8. The Labute approximate surface area is 89.0 Å². The molecule has 1 aromatic rings. The summed E-state index contributed by atoms with van der Waals surface area (Å²) in [5, 5.41) is 17.4. The van der Waals surface area contributed by atoms with Gasteiger partial charge in [-0.15, -0.1) is 11.3 Å². The molecule has 1 unspecified atom stereocenters. The summed E-state index contributed by atoms with van der Waals surface area (Å²) in [4.78, 5) is 11.0. The summed E-state index contributed by atoms with van der Waals surface area (Å²) in [7, 11) is 0. The van der Waals surface area contributed by atoms with Crippen LogP contribution in [-0.4, -0.2) is 22.1 Å². The van der Waals surface area contributed by atoms with E-state index in [0.717, 1.165) is 16.2 Å². The van der Waals surface area contributed by atoms with Gasteiger partial charge in [0.2, 0.25) is 0 Å². The molecule has 15 heavy (non-hydrogen) atoms. The van der Waals surface area contributed by atoms with Crippen LogP contribution in [0.15, 0.2) is 12.1 Å². The maximum Gasteiger partial charge on any atom is 0.377 e. The predicted octanol–water partition coefficient (Wildman–Crippen LogP) is 2.06. The summed E-state index contributed by atoms with van der Waals surface area (Å²) in [5.41, 5.74) is 0. The Morgan fingerprint density at radius 3 is 2.60 bits per heavy atom. The number of halogens is 2. The number of aliphatic hydroxyl groups excluding tert-OH is 1. The molecule has 0 spiro atoms. The minimum Gasteiger partial charge on any atom is -0.477 e. The van der Waals surface area contributed by atoms with Crippen LogP contribution in [0.4, 0.5) is 8.78 Å². The lowest BCUT2D eigenvalue weighted by Crippen LogP contribution is -2.35. The summed E-state index contributed by atoms with van der Waals surface area (Å²) in [6.07, 6.45) is -1.61. The van der Waals surface area contributed by atoms with Gasteiger partial charge in [-0.05, 0) is 18.6 Å². The van der Waals surface area contributed by atoms with Crippen LogP contribution in [0.1, 0.15) is 22.8 Å². The fourth-order valence-electron chi connectivity index (χ4n) is 1.03. The van der Waals surface area contributed by atoms with Crippen molar-refractivity contribution < 1.29 is 23.8 Å². The highest BCUT2D eigenvalue weighted by molar-refractivity contribution is 7.12. The Balaban J connectivity index is 2.93. The molecule has 0 aliphatic heterocycles. The number of aliphatic carboxylic acids is 1. The van der Waals surface area contributed by atoms with Crippen molar-refractivity contribution >= 4 is 17.3 Å². The minimum atomic E-state index is -4.14. The van der Waals surface area contributed by atoms with Gasteiger partial charge in [-0.3, -0.25) is 0 Å². The second-order valence-electron chi connectivity index (χ2n) is 2.99. The van der Waals surface area contributed by atoms with Gasteiger partial charge in [-0.25, -0.2) is 4.79 Å². The van der Waals surface area contributed by atoms with Gasteiger partial charge < -0.3 is 10.2 Å². The lowest BCUT2D eigenvalue weighted by molar-refractivity contribution is -0.182. The first-order chi connectivity index (χ1) is 6.89. The number of carbonyl (C=O) groups is 1. The van der Waals surface area contributed by atoms with Crippen molar-refractivity contribution in [3.63, 3.8) is 0 Å². The van der Waals surface area contributed by atoms with E-state index in [2.05, 4.69) is 0 Å². The number of hydrogen-bond donors (Lipinski definition) is 2. The van der Waals surface area contributed by atoms with E-state index in [9.17, 15) is 18.7 Å². The SMILES string of the molecule is CCc1ccc(C(O)C(F)(F)C(=O)O)s1. The number of alkyl halides is 2. The van der Waals surface area contributed by atoms with Crippen LogP contribution in [0.25, 0.3) is 0 Å². The number of carboxylic acids is 1. The molecule has 0 aliphatic carbocycles. The Hall–Kier alpha value is -1.01. The van der Waals surface area contributed by atoms with E-state index >= 15 is 0 Å². The Morgan fingerprint density at radius 2 is 2.20 bits per heavy atom. The van der Waals surface area contributed by atoms with Crippen LogP contribution < -0.4 is 0 Å². The molecule has 1 aromatic heterocycles. The summed E-state index contributed by atoms with van der Waals surface area (Å²) in [5.74, 6) is -6.46. The third-order valence-electron chi connectivity index (χ3n) is 1.93. The number of aryl methyl sites for hydroxylation is 1. The molecule has 0 amide bonds. The van der Waals surface area contributed by atoms with Gasteiger partial charge >= 0.3 is 11.9 Å². The average molecular weight is 236 g/mol. The van der Waals surface area contributed by atoms with Gasteiger partial charge in [0, 0.05) is 9.75 Å². The highest BCUT2D eigenvalue weighted by atomic mass is 32.1. The monoisotopic (exact) mass is 236 g/mol. The van der Waals surface area contributed by atoms with E-state index in [-0.39, 0.29) is 4.88 Å². The second kappa shape index (κ2) is 4.24. The molecule has 6 heteroatoms. The highest BCUT2D eigenvalue weighted by Crippen LogP contribution is 2.35. The van der Waals surface area contributed by atoms with E-state index in [1.54, 1.807) is 6.07 Å². The average Bonchev–Trinajstić information content (AvgIpc) is 2.64. The summed E-state index contributed by atoms with van der Waals surface area (Å²) in [6, 6.07) is 2.92. The number of rotatable bonds is 4. The molecule has 1 atom stereocenters. The fourth-order valence-corrected chi connectivity index (χ4v) is 2.01. The van der Waals surface area contributed by atoms with E-state index in [0.29, 0.717) is 6.42 Å². The fraction of sp³-hybridized carbons (Fsp3) is 0.444. The third kappa shape index (κ3) is 2.32. The molecule has 2 N–H and O–H groups in total. The predicted molar refractivity (Wildman–Crippen MR) is 51.2 cm³/mol. The zero-order chi connectivity index (χ0) is 11.6. The molecule has 1 heterocycles. The van der Waals surface area contributed by atoms with Crippen molar-refractivity contribution in [1.82, 2.24) is 0 Å². The summed E-state index contributed by atoms with van der Waals surface area (Å²) in [6.45, 7) is 1.84. The standard InChI is InChI=1S/C9H10F2O3S/c1-2-5-3-4-6(15-5)7(12)9(10,11)8(13)14/h3-4,7,12H,2H2,1H3,(H,13,14). The van der Waals surface area contributed by atoms with E-state index < -0.39 is 18.0 Å².